The number of aryl methyl sites for hydroxylation is 2. The lowest BCUT2D eigenvalue weighted by atomic mass is 9.89. The Labute approximate surface area is 173 Å². The minimum absolute atomic E-state index is 0.280. The number of nitrogens with one attached hydrogen (secondary N) is 2. The normalized spacial score (nSPS) is 25.4. The molecule has 2 aliphatic rings. The summed E-state index contributed by atoms with van der Waals surface area (Å²) >= 11 is 0. The second kappa shape index (κ2) is 8.99. The van der Waals surface area contributed by atoms with Crippen molar-refractivity contribution in [1.29, 1.82) is 0 Å². The van der Waals surface area contributed by atoms with E-state index in [0.717, 1.165) is 29.8 Å². The van der Waals surface area contributed by atoms with Crippen molar-refractivity contribution in [3.8, 4) is 0 Å². The van der Waals surface area contributed by atoms with Gasteiger partial charge in [-0.3, -0.25) is 4.90 Å². The third-order valence-corrected chi connectivity index (χ3v) is 5.72. The molecule has 3 atom stereocenters. The summed E-state index contributed by atoms with van der Waals surface area (Å²) in [7, 11) is 0. The number of ether oxygens (including phenoxy) is 1. The minimum Gasteiger partial charge on any atom is -0.463 e. The highest BCUT2D eigenvalue weighted by Gasteiger charge is 2.35. The van der Waals surface area contributed by atoms with Crippen molar-refractivity contribution in [3.05, 3.63) is 46.2 Å². The van der Waals surface area contributed by atoms with Gasteiger partial charge in [0.25, 0.3) is 0 Å². The zero-order valence-corrected chi connectivity index (χ0v) is 18.2. The number of piperidine rings is 1. The molecule has 1 fully saturated rings. The predicted octanol–water partition coefficient (Wildman–Crippen LogP) is 3.45. The Kier molecular flexibility index (Phi) is 6.63. The van der Waals surface area contributed by atoms with Crippen LogP contribution in [0.2, 0.25) is 0 Å². The van der Waals surface area contributed by atoms with Gasteiger partial charge in [0, 0.05) is 25.3 Å². The number of rotatable bonds is 5. The van der Waals surface area contributed by atoms with Crippen molar-refractivity contribution >= 4 is 12.0 Å². The SMILES string of the molecule is CCOC(=O)C1=C(CN2C[C@@H](C)C[C@H](C)C2)NC(=O)N[C@@H]1c1cc(C)ccc1C. The van der Waals surface area contributed by atoms with E-state index in [1.807, 2.05) is 32.0 Å². The second-order valence-electron chi connectivity index (χ2n) is 8.64. The van der Waals surface area contributed by atoms with E-state index < -0.39 is 6.04 Å². The third-order valence-electron chi connectivity index (χ3n) is 5.72. The van der Waals surface area contributed by atoms with Gasteiger partial charge in [0.2, 0.25) is 0 Å². The van der Waals surface area contributed by atoms with Crippen LogP contribution in [-0.2, 0) is 9.53 Å². The van der Waals surface area contributed by atoms with Crippen molar-refractivity contribution in [2.45, 2.75) is 47.1 Å². The zero-order chi connectivity index (χ0) is 21.1. The quantitative estimate of drug-likeness (QED) is 0.744. The topological polar surface area (TPSA) is 70.7 Å². The Morgan fingerprint density at radius 2 is 1.90 bits per heavy atom. The summed E-state index contributed by atoms with van der Waals surface area (Å²) in [5.41, 5.74) is 4.21. The third kappa shape index (κ3) is 4.99. The largest absolute Gasteiger partial charge is 0.463 e. The molecular formula is C23H33N3O3. The van der Waals surface area contributed by atoms with Crippen molar-refractivity contribution in [2.24, 2.45) is 11.8 Å². The highest BCUT2D eigenvalue weighted by molar-refractivity contribution is 5.95. The van der Waals surface area contributed by atoms with Gasteiger partial charge in [0.05, 0.1) is 18.2 Å². The highest BCUT2D eigenvalue weighted by atomic mass is 16.5. The van der Waals surface area contributed by atoms with Crippen molar-refractivity contribution < 1.29 is 14.3 Å². The van der Waals surface area contributed by atoms with E-state index in [1.54, 1.807) is 6.92 Å². The number of hydrogen-bond donors (Lipinski definition) is 2. The van der Waals surface area contributed by atoms with Crippen molar-refractivity contribution in [1.82, 2.24) is 15.5 Å². The summed E-state index contributed by atoms with van der Waals surface area (Å²) in [5.74, 6) is 0.814. The lowest BCUT2D eigenvalue weighted by Crippen LogP contribution is -2.50. The maximum absolute atomic E-state index is 13.0. The van der Waals surface area contributed by atoms with Gasteiger partial charge in [-0.2, -0.15) is 0 Å². The molecule has 2 N–H and O–H groups in total. The van der Waals surface area contributed by atoms with Crippen LogP contribution in [0.1, 0.15) is 49.9 Å². The summed E-state index contributed by atoms with van der Waals surface area (Å²) in [5, 5.41) is 5.85. The van der Waals surface area contributed by atoms with Gasteiger partial charge in [-0.1, -0.05) is 37.6 Å². The first-order valence-corrected chi connectivity index (χ1v) is 10.6. The lowest BCUT2D eigenvalue weighted by molar-refractivity contribution is -0.139. The van der Waals surface area contributed by atoms with E-state index in [4.69, 9.17) is 4.74 Å². The number of carbonyl (C=O) groups is 2. The number of urea groups is 1. The molecule has 2 amide bonds. The van der Waals surface area contributed by atoms with Crippen molar-refractivity contribution in [3.63, 3.8) is 0 Å². The molecule has 0 aromatic heterocycles. The molecule has 1 aromatic rings. The second-order valence-corrected chi connectivity index (χ2v) is 8.64. The molecule has 1 aromatic carbocycles. The predicted molar refractivity (Wildman–Crippen MR) is 113 cm³/mol. The Bertz CT molecular complexity index is 808. The van der Waals surface area contributed by atoms with Gasteiger partial charge in [-0.15, -0.1) is 0 Å². The molecule has 0 unspecified atom stereocenters. The minimum atomic E-state index is -0.516. The monoisotopic (exact) mass is 399 g/mol. The Balaban J connectivity index is 2.02. The molecule has 3 rings (SSSR count). The molecular weight excluding hydrogens is 366 g/mol. The summed E-state index contributed by atoms with van der Waals surface area (Å²) in [6, 6.07) is 5.30. The molecule has 6 nitrogen and oxygen atoms in total. The van der Waals surface area contributed by atoms with Crippen LogP contribution in [0.3, 0.4) is 0 Å². The van der Waals surface area contributed by atoms with E-state index in [1.165, 1.54) is 6.42 Å². The smallest absolute Gasteiger partial charge is 0.338 e. The maximum atomic E-state index is 13.0. The Hall–Kier alpha value is -2.34. The van der Waals surface area contributed by atoms with Crippen LogP contribution in [0.25, 0.3) is 0 Å². The number of esters is 1. The molecule has 0 spiro atoms. The van der Waals surface area contributed by atoms with Crippen LogP contribution in [0, 0.1) is 25.7 Å². The molecule has 1 saturated heterocycles. The van der Waals surface area contributed by atoms with Crippen LogP contribution in [0.15, 0.2) is 29.5 Å². The molecule has 0 aliphatic carbocycles. The first-order chi connectivity index (χ1) is 13.8. The molecule has 6 heteroatoms. The fourth-order valence-electron chi connectivity index (χ4n) is 4.64. The maximum Gasteiger partial charge on any atom is 0.338 e. The summed E-state index contributed by atoms with van der Waals surface area (Å²) in [4.78, 5) is 27.8. The van der Waals surface area contributed by atoms with Crippen LogP contribution < -0.4 is 10.6 Å². The number of carbonyl (C=O) groups excluding carboxylic acids is 2. The lowest BCUT2D eigenvalue weighted by Gasteiger charge is -2.37. The first kappa shape index (κ1) is 21.4. The highest BCUT2D eigenvalue weighted by Crippen LogP contribution is 2.31. The molecule has 0 bridgehead atoms. The number of benzene rings is 1. The molecule has 0 saturated carbocycles. The van der Waals surface area contributed by atoms with Crippen LogP contribution in [0.4, 0.5) is 4.79 Å². The van der Waals surface area contributed by atoms with E-state index in [0.29, 0.717) is 36.3 Å². The van der Waals surface area contributed by atoms with Crippen LogP contribution >= 0.6 is 0 Å². The van der Waals surface area contributed by atoms with Gasteiger partial charge >= 0.3 is 12.0 Å². The molecule has 29 heavy (non-hydrogen) atoms. The van der Waals surface area contributed by atoms with Gasteiger partial charge in [-0.05, 0) is 50.2 Å². The van der Waals surface area contributed by atoms with E-state index in [2.05, 4.69) is 29.4 Å². The van der Waals surface area contributed by atoms with E-state index in [9.17, 15) is 9.59 Å². The van der Waals surface area contributed by atoms with Gasteiger partial charge in [0.15, 0.2) is 0 Å². The van der Waals surface area contributed by atoms with Gasteiger partial charge in [0.1, 0.15) is 0 Å². The van der Waals surface area contributed by atoms with Gasteiger partial charge in [-0.25, -0.2) is 9.59 Å². The summed E-state index contributed by atoms with van der Waals surface area (Å²) in [6.07, 6.45) is 1.21. The molecule has 0 radical (unpaired) electrons. The fraction of sp³-hybridized carbons (Fsp3) is 0.565. The average molecular weight is 400 g/mol. The molecule has 2 heterocycles. The number of hydrogen-bond acceptors (Lipinski definition) is 4. The number of nitrogens with zero attached hydrogens (tertiary/aromatic N) is 1. The molecule has 158 valence electrons. The average Bonchev–Trinajstić information content (AvgIpc) is 2.62. The Morgan fingerprint density at radius 3 is 2.55 bits per heavy atom. The van der Waals surface area contributed by atoms with E-state index >= 15 is 0 Å². The van der Waals surface area contributed by atoms with E-state index in [-0.39, 0.29) is 12.0 Å². The van der Waals surface area contributed by atoms with Crippen molar-refractivity contribution in [2.75, 3.05) is 26.2 Å². The van der Waals surface area contributed by atoms with Gasteiger partial charge < -0.3 is 15.4 Å². The molecule has 2 aliphatic heterocycles. The summed E-state index contributed by atoms with van der Waals surface area (Å²) in [6.45, 7) is 13.1. The fourth-order valence-corrected chi connectivity index (χ4v) is 4.64. The number of amides is 2. The first-order valence-electron chi connectivity index (χ1n) is 10.6. The zero-order valence-electron chi connectivity index (χ0n) is 18.2. The Morgan fingerprint density at radius 1 is 1.21 bits per heavy atom. The van der Waals surface area contributed by atoms with Crippen LogP contribution in [0.5, 0.6) is 0 Å². The summed E-state index contributed by atoms with van der Waals surface area (Å²) < 4.78 is 5.39. The van der Waals surface area contributed by atoms with Crippen LogP contribution in [-0.4, -0.2) is 43.1 Å². The number of likely N-dealkylation sites (tertiary alicyclic amines) is 1. The standard InChI is InChI=1S/C23H33N3O3/c1-6-29-22(27)20-19(13-26-11-15(3)9-16(4)12-26)24-23(28)25-21(20)18-10-14(2)7-8-17(18)5/h7-8,10,15-16,21H,6,9,11-13H2,1-5H3,(H2,24,25,28)/t15-,16-,21+/m0/s1.